The van der Waals surface area contributed by atoms with E-state index >= 15 is 0 Å². The number of nitrogens with two attached hydrogens (primary N) is 1. The van der Waals surface area contributed by atoms with Crippen molar-refractivity contribution in [2.45, 2.75) is 25.4 Å². The first-order valence-electron chi connectivity index (χ1n) is 9.92. The van der Waals surface area contributed by atoms with Crippen molar-refractivity contribution in [1.29, 1.82) is 0 Å². The molecule has 1 aliphatic heterocycles. The van der Waals surface area contributed by atoms with Crippen LogP contribution in [0.25, 0.3) is 11.3 Å². The number of benzene rings is 1. The van der Waals surface area contributed by atoms with Gasteiger partial charge in [-0.15, -0.1) is 0 Å². The van der Waals surface area contributed by atoms with E-state index in [1.54, 1.807) is 6.20 Å². The molecule has 4 heterocycles. The van der Waals surface area contributed by atoms with Crippen molar-refractivity contribution in [1.82, 2.24) is 29.4 Å². The average Bonchev–Trinajstić information content (AvgIpc) is 3.43. The Balaban J connectivity index is 1.46. The van der Waals surface area contributed by atoms with Gasteiger partial charge in [-0.05, 0) is 30.5 Å². The third-order valence-corrected chi connectivity index (χ3v) is 5.32. The van der Waals surface area contributed by atoms with E-state index in [2.05, 4.69) is 25.5 Å². The van der Waals surface area contributed by atoms with Gasteiger partial charge in [0.25, 0.3) is 0 Å². The molecule has 5 rings (SSSR count). The lowest BCUT2D eigenvalue weighted by Crippen LogP contribution is -2.40. The highest BCUT2D eigenvalue weighted by Crippen LogP contribution is 2.21. The third kappa shape index (κ3) is 3.45. The molecule has 9 nitrogen and oxygen atoms in total. The first-order valence-corrected chi connectivity index (χ1v) is 9.92. The second kappa shape index (κ2) is 7.71. The fourth-order valence-corrected chi connectivity index (χ4v) is 3.66. The van der Waals surface area contributed by atoms with E-state index in [0.29, 0.717) is 18.4 Å². The van der Waals surface area contributed by atoms with E-state index in [0.717, 1.165) is 43.4 Å². The smallest absolute Gasteiger partial charge is 0.230 e. The summed E-state index contributed by atoms with van der Waals surface area (Å²) < 4.78 is 17.5. The Morgan fingerprint density at radius 1 is 1.10 bits per heavy atom. The Morgan fingerprint density at radius 3 is 2.73 bits per heavy atom. The highest BCUT2D eigenvalue weighted by atomic mass is 19.1. The van der Waals surface area contributed by atoms with Crippen molar-refractivity contribution >= 4 is 17.5 Å². The molecule has 0 radical (unpaired) electrons. The molecule has 3 aromatic heterocycles. The fourth-order valence-electron chi connectivity index (χ4n) is 3.66. The SMILES string of the molecule is NC1CCN(c2nc(NCc3ccccc3-n3cccn3)n3ncc(F)c3n2)CC1. The molecule has 3 N–H and O–H groups in total. The molecule has 0 amide bonds. The van der Waals surface area contributed by atoms with Gasteiger partial charge in [0.2, 0.25) is 11.9 Å². The van der Waals surface area contributed by atoms with E-state index in [-0.39, 0.29) is 11.7 Å². The van der Waals surface area contributed by atoms with Gasteiger partial charge in [0.05, 0.1) is 11.9 Å². The zero-order valence-corrected chi connectivity index (χ0v) is 16.3. The Hall–Kier alpha value is -3.53. The van der Waals surface area contributed by atoms with Crippen molar-refractivity contribution in [3.63, 3.8) is 0 Å². The highest BCUT2D eigenvalue weighted by Gasteiger charge is 2.21. The zero-order valence-electron chi connectivity index (χ0n) is 16.3. The molecule has 154 valence electrons. The quantitative estimate of drug-likeness (QED) is 0.522. The molecule has 0 unspecified atom stereocenters. The predicted octanol–water partition coefficient (Wildman–Crippen LogP) is 1.99. The van der Waals surface area contributed by atoms with Crippen molar-refractivity contribution in [2.24, 2.45) is 5.73 Å². The Labute approximate surface area is 172 Å². The van der Waals surface area contributed by atoms with Crippen molar-refractivity contribution in [3.8, 4) is 5.69 Å². The summed E-state index contributed by atoms with van der Waals surface area (Å²) in [5.41, 5.74) is 8.13. The summed E-state index contributed by atoms with van der Waals surface area (Å²) in [6.45, 7) is 1.96. The van der Waals surface area contributed by atoms with Gasteiger partial charge in [-0.25, -0.2) is 9.07 Å². The number of nitrogens with zero attached hydrogens (tertiary/aromatic N) is 7. The minimum absolute atomic E-state index is 0.151. The van der Waals surface area contributed by atoms with Gasteiger partial charge in [-0.3, -0.25) is 0 Å². The molecule has 1 saturated heterocycles. The van der Waals surface area contributed by atoms with Gasteiger partial charge in [0.15, 0.2) is 11.5 Å². The second-order valence-electron chi connectivity index (χ2n) is 7.33. The molecule has 1 aromatic carbocycles. The summed E-state index contributed by atoms with van der Waals surface area (Å²) in [6.07, 6.45) is 6.50. The normalized spacial score (nSPS) is 15.1. The second-order valence-corrected chi connectivity index (χ2v) is 7.33. The number of rotatable bonds is 5. The van der Waals surface area contributed by atoms with E-state index in [1.165, 1.54) is 4.52 Å². The summed E-state index contributed by atoms with van der Waals surface area (Å²) >= 11 is 0. The Morgan fingerprint density at radius 2 is 1.93 bits per heavy atom. The van der Waals surface area contributed by atoms with Gasteiger partial charge in [0.1, 0.15) is 0 Å². The molecule has 1 aliphatic rings. The van der Waals surface area contributed by atoms with Crippen molar-refractivity contribution in [2.75, 3.05) is 23.3 Å². The fraction of sp³-hybridized carbons (Fsp3) is 0.300. The third-order valence-electron chi connectivity index (χ3n) is 5.32. The summed E-state index contributed by atoms with van der Waals surface area (Å²) in [7, 11) is 0. The predicted molar refractivity (Wildman–Crippen MR) is 111 cm³/mol. The van der Waals surface area contributed by atoms with Gasteiger partial charge in [-0.2, -0.15) is 24.7 Å². The molecule has 0 atom stereocenters. The first-order chi connectivity index (χ1) is 14.7. The highest BCUT2D eigenvalue weighted by molar-refractivity contribution is 5.52. The topological polar surface area (TPSA) is 102 Å². The largest absolute Gasteiger partial charge is 0.350 e. The van der Waals surface area contributed by atoms with Crippen LogP contribution >= 0.6 is 0 Å². The maximum atomic E-state index is 14.3. The average molecular weight is 407 g/mol. The number of hydrogen-bond acceptors (Lipinski definition) is 7. The lowest BCUT2D eigenvalue weighted by molar-refractivity contribution is 0.495. The maximum Gasteiger partial charge on any atom is 0.230 e. The molecule has 0 saturated carbocycles. The number of hydrogen-bond donors (Lipinski definition) is 2. The minimum atomic E-state index is -0.479. The standard InChI is InChI=1S/C20H22FN9/c21-16-13-25-30-18(16)26-20(28-10-6-15(22)7-11-28)27-19(30)23-12-14-4-1-2-5-17(14)29-9-3-8-24-29/h1-5,8-9,13,15H,6-7,10-12,22H2,(H,23,26,27). The van der Waals surface area contributed by atoms with Gasteiger partial charge in [0, 0.05) is 38.1 Å². The minimum Gasteiger partial charge on any atom is -0.350 e. The number of halogens is 1. The van der Waals surface area contributed by atoms with Crippen LogP contribution in [0, 0.1) is 5.82 Å². The van der Waals surface area contributed by atoms with Crippen LogP contribution in [0.1, 0.15) is 18.4 Å². The molecule has 0 spiro atoms. The van der Waals surface area contributed by atoms with E-state index in [4.69, 9.17) is 5.73 Å². The molecule has 30 heavy (non-hydrogen) atoms. The molecule has 0 bridgehead atoms. The van der Waals surface area contributed by atoms with Gasteiger partial charge >= 0.3 is 0 Å². The summed E-state index contributed by atoms with van der Waals surface area (Å²) in [6, 6.07) is 10.0. The first kappa shape index (κ1) is 18.5. The molecular formula is C20H22FN9. The van der Waals surface area contributed by atoms with Crippen LogP contribution in [0.2, 0.25) is 0 Å². The van der Waals surface area contributed by atoms with Crippen molar-refractivity contribution in [3.05, 3.63) is 60.3 Å². The lowest BCUT2D eigenvalue weighted by atomic mass is 10.1. The molecule has 4 aromatic rings. The monoisotopic (exact) mass is 407 g/mol. The molecular weight excluding hydrogens is 385 g/mol. The van der Waals surface area contributed by atoms with E-state index in [1.807, 2.05) is 46.1 Å². The van der Waals surface area contributed by atoms with E-state index < -0.39 is 5.82 Å². The number of nitrogens with one attached hydrogen (secondary N) is 1. The lowest BCUT2D eigenvalue weighted by Gasteiger charge is -2.30. The van der Waals surface area contributed by atoms with Crippen LogP contribution < -0.4 is 16.0 Å². The summed E-state index contributed by atoms with van der Waals surface area (Å²) in [5.74, 6) is 0.438. The molecule has 1 fully saturated rings. The molecule has 0 aliphatic carbocycles. The number of aromatic nitrogens is 6. The maximum absolute atomic E-state index is 14.3. The summed E-state index contributed by atoms with van der Waals surface area (Å²) in [5, 5.41) is 11.7. The summed E-state index contributed by atoms with van der Waals surface area (Å²) in [4.78, 5) is 11.1. The van der Waals surface area contributed by atoms with Crippen LogP contribution in [0.4, 0.5) is 16.3 Å². The van der Waals surface area contributed by atoms with Crippen LogP contribution in [0.3, 0.4) is 0 Å². The Kier molecular flexibility index (Phi) is 4.75. The van der Waals surface area contributed by atoms with Crippen molar-refractivity contribution < 1.29 is 4.39 Å². The number of anilines is 2. The number of fused-ring (bicyclic) bond motifs is 1. The van der Waals surface area contributed by atoms with Crippen LogP contribution in [0.15, 0.2) is 48.9 Å². The number of para-hydroxylation sites is 1. The van der Waals surface area contributed by atoms with E-state index in [9.17, 15) is 4.39 Å². The molecule has 10 heteroatoms. The van der Waals surface area contributed by atoms with Crippen LogP contribution in [0.5, 0.6) is 0 Å². The number of piperidine rings is 1. The van der Waals surface area contributed by atoms with Gasteiger partial charge < -0.3 is 16.0 Å². The zero-order chi connectivity index (χ0) is 20.5. The van der Waals surface area contributed by atoms with Crippen LogP contribution in [-0.2, 0) is 6.54 Å². The Bertz CT molecular complexity index is 1150. The van der Waals surface area contributed by atoms with Crippen LogP contribution in [-0.4, -0.2) is 48.5 Å². The van der Waals surface area contributed by atoms with Gasteiger partial charge in [-0.1, -0.05) is 18.2 Å².